The Labute approximate surface area is 147 Å². The van der Waals surface area contributed by atoms with Crippen molar-refractivity contribution in [3.05, 3.63) is 42.5 Å². The van der Waals surface area contributed by atoms with E-state index in [-0.39, 0.29) is 0 Å². The van der Waals surface area contributed by atoms with E-state index in [9.17, 15) is 0 Å². The minimum Gasteiger partial charge on any atom is -0.495 e. The first kappa shape index (κ1) is 15.5. The SMILES string of the molecule is COc1cccc2cc(-c3cc(SC)ccc3N3CCCC3)[nH]c12. The highest BCUT2D eigenvalue weighted by Crippen LogP contribution is 2.38. The lowest BCUT2D eigenvalue weighted by molar-refractivity contribution is 0.419. The molecular weight excluding hydrogens is 316 g/mol. The van der Waals surface area contributed by atoms with Crippen LogP contribution < -0.4 is 9.64 Å². The van der Waals surface area contributed by atoms with Gasteiger partial charge in [-0.05, 0) is 49.4 Å². The van der Waals surface area contributed by atoms with Crippen molar-refractivity contribution in [3.63, 3.8) is 0 Å². The summed E-state index contributed by atoms with van der Waals surface area (Å²) in [6.45, 7) is 2.30. The molecule has 1 N–H and O–H groups in total. The van der Waals surface area contributed by atoms with Crippen molar-refractivity contribution in [1.82, 2.24) is 4.98 Å². The van der Waals surface area contributed by atoms with Crippen LogP contribution in [-0.2, 0) is 0 Å². The molecule has 2 aromatic carbocycles. The molecule has 0 bridgehead atoms. The Hall–Kier alpha value is -2.07. The quantitative estimate of drug-likeness (QED) is 0.666. The number of aromatic amines is 1. The summed E-state index contributed by atoms with van der Waals surface area (Å²) in [7, 11) is 1.72. The molecular formula is C20H22N2OS. The number of aromatic nitrogens is 1. The highest BCUT2D eigenvalue weighted by molar-refractivity contribution is 7.98. The van der Waals surface area contributed by atoms with Crippen LogP contribution in [0.2, 0.25) is 0 Å². The van der Waals surface area contributed by atoms with Gasteiger partial charge in [-0.2, -0.15) is 0 Å². The number of hydrogen-bond donors (Lipinski definition) is 1. The van der Waals surface area contributed by atoms with Crippen LogP contribution in [0.4, 0.5) is 5.69 Å². The fourth-order valence-electron chi connectivity index (χ4n) is 3.54. The summed E-state index contributed by atoms with van der Waals surface area (Å²) in [6.07, 6.45) is 4.69. The molecule has 1 aliphatic rings. The van der Waals surface area contributed by atoms with Crippen LogP contribution in [0.5, 0.6) is 5.75 Å². The molecule has 3 nitrogen and oxygen atoms in total. The molecule has 2 heterocycles. The van der Waals surface area contributed by atoms with Gasteiger partial charge in [0.05, 0.1) is 12.6 Å². The molecule has 0 saturated carbocycles. The number of ether oxygens (including phenoxy) is 1. The van der Waals surface area contributed by atoms with Crippen LogP contribution in [0.15, 0.2) is 47.4 Å². The zero-order valence-electron chi connectivity index (χ0n) is 14.1. The van der Waals surface area contributed by atoms with Crippen molar-refractivity contribution >= 4 is 28.4 Å². The molecule has 0 amide bonds. The minimum atomic E-state index is 0.891. The molecule has 124 valence electrons. The van der Waals surface area contributed by atoms with E-state index in [1.807, 2.05) is 12.1 Å². The maximum absolute atomic E-state index is 5.51. The van der Waals surface area contributed by atoms with E-state index in [1.165, 1.54) is 34.4 Å². The summed E-state index contributed by atoms with van der Waals surface area (Å²) in [5.74, 6) is 0.891. The number of anilines is 1. The summed E-state index contributed by atoms with van der Waals surface area (Å²) in [6, 6.07) is 15.2. The zero-order chi connectivity index (χ0) is 16.5. The molecule has 4 rings (SSSR count). The number of nitrogens with zero attached hydrogens (tertiary/aromatic N) is 1. The molecule has 3 aromatic rings. The largest absolute Gasteiger partial charge is 0.495 e. The van der Waals surface area contributed by atoms with Crippen LogP contribution in [0.25, 0.3) is 22.2 Å². The van der Waals surface area contributed by atoms with Crippen LogP contribution in [0.3, 0.4) is 0 Å². The molecule has 4 heteroatoms. The molecule has 0 radical (unpaired) electrons. The Morgan fingerprint density at radius 3 is 2.67 bits per heavy atom. The van der Waals surface area contributed by atoms with E-state index in [0.29, 0.717) is 0 Å². The zero-order valence-corrected chi connectivity index (χ0v) is 15.0. The predicted molar refractivity (Wildman–Crippen MR) is 104 cm³/mol. The number of hydrogen-bond acceptors (Lipinski definition) is 3. The van der Waals surface area contributed by atoms with Gasteiger partial charge in [0.15, 0.2) is 0 Å². The van der Waals surface area contributed by atoms with E-state index in [2.05, 4.69) is 46.5 Å². The van der Waals surface area contributed by atoms with Gasteiger partial charge >= 0.3 is 0 Å². The maximum Gasteiger partial charge on any atom is 0.142 e. The van der Waals surface area contributed by atoms with Gasteiger partial charge in [0, 0.05) is 40.3 Å². The van der Waals surface area contributed by atoms with Gasteiger partial charge in [0.1, 0.15) is 5.75 Å². The van der Waals surface area contributed by atoms with Crippen molar-refractivity contribution in [2.45, 2.75) is 17.7 Å². The standard InChI is InChI=1S/C20H22N2OS/c1-23-19-7-5-6-14-12-17(21-20(14)19)16-13-15(24-2)8-9-18(16)22-10-3-4-11-22/h5-9,12-13,21H,3-4,10-11H2,1-2H3. The van der Waals surface area contributed by atoms with E-state index in [1.54, 1.807) is 18.9 Å². The van der Waals surface area contributed by atoms with Gasteiger partial charge < -0.3 is 14.6 Å². The van der Waals surface area contributed by atoms with Crippen molar-refractivity contribution in [3.8, 4) is 17.0 Å². The molecule has 0 unspecified atom stereocenters. The molecule has 1 fully saturated rings. The highest BCUT2D eigenvalue weighted by atomic mass is 32.2. The average molecular weight is 338 g/mol. The van der Waals surface area contributed by atoms with E-state index < -0.39 is 0 Å². The molecule has 24 heavy (non-hydrogen) atoms. The Morgan fingerprint density at radius 2 is 1.92 bits per heavy atom. The number of para-hydroxylation sites is 1. The number of nitrogens with one attached hydrogen (secondary N) is 1. The van der Waals surface area contributed by atoms with Crippen molar-refractivity contribution < 1.29 is 4.74 Å². The summed E-state index contributed by atoms with van der Waals surface area (Å²) < 4.78 is 5.51. The topological polar surface area (TPSA) is 28.3 Å². The summed E-state index contributed by atoms with van der Waals surface area (Å²) >= 11 is 1.79. The van der Waals surface area contributed by atoms with Gasteiger partial charge in [0.25, 0.3) is 0 Å². The number of H-pyrrole nitrogens is 1. The Kier molecular flexibility index (Phi) is 4.15. The van der Waals surface area contributed by atoms with Gasteiger partial charge in [0.2, 0.25) is 0 Å². The first-order chi connectivity index (χ1) is 11.8. The second-order valence-electron chi connectivity index (χ2n) is 6.18. The van der Waals surface area contributed by atoms with Crippen LogP contribution in [0.1, 0.15) is 12.8 Å². The molecule has 1 saturated heterocycles. The number of methoxy groups -OCH3 is 1. The van der Waals surface area contributed by atoms with Gasteiger partial charge in [-0.3, -0.25) is 0 Å². The fraction of sp³-hybridized carbons (Fsp3) is 0.300. The molecule has 1 aliphatic heterocycles. The third kappa shape index (κ3) is 2.65. The second-order valence-corrected chi connectivity index (χ2v) is 7.06. The van der Waals surface area contributed by atoms with Crippen molar-refractivity contribution in [2.24, 2.45) is 0 Å². The van der Waals surface area contributed by atoms with Crippen molar-refractivity contribution in [2.75, 3.05) is 31.4 Å². The lowest BCUT2D eigenvalue weighted by Crippen LogP contribution is -2.18. The van der Waals surface area contributed by atoms with E-state index in [0.717, 1.165) is 30.0 Å². The first-order valence-electron chi connectivity index (χ1n) is 8.39. The molecule has 0 atom stereocenters. The molecule has 0 spiro atoms. The lowest BCUT2D eigenvalue weighted by Gasteiger charge is -2.21. The monoisotopic (exact) mass is 338 g/mol. The van der Waals surface area contributed by atoms with Gasteiger partial charge in [-0.1, -0.05) is 12.1 Å². The number of fused-ring (bicyclic) bond motifs is 1. The van der Waals surface area contributed by atoms with Crippen molar-refractivity contribution in [1.29, 1.82) is 0 Å². The highest BCUT2D eigenvalue weighted by Gasteiger charge is 2.18. The smallest absolute Gasteiger partial charge is 0.142 e. The normalized spacial score (nSPS) is 14.5. The Morgan fingerprint density at radius 1 is 1.08 bits per heavy atom. The minimum absolute atomic E-state index is 0.891. The van der Waals surface area contributed by atoms with Crippen LogP contribution in [0, 0.1) is 0 Å². The molecule has 1 aromatic heterocycles. The van der Waals surface area contributed by atoms with Crippen LogP contribution >= 0.6 is 11.8 Å². The maximum atomic E-state index is 5.51. The van der Waals surface area contributed by atoms with E-state index in [4.69, 9.17) is 4.74 Å². The van der Waals surface area contributed by atoms with Crippen LogP contribution in [-0.4, -0.2) is 31.4 Å². The third-order valence-electron chi connectivity index (χ3n) is 4.78. The van der Waals surface area contributed by atoms with E-state index >= 15 is 0 Å². The summed E-state index contributed by atoms with van der Waals surface area (Å²) in [5, 5.41) is 1.19. The lowest BCUT2D eigenvalue weighted by atomic mass is 10.1. The average Bonchev–Trinajstić information content (AvgIpc) is 3.30. The number of thioether (sulfide) groups is 1. The Bertz CT molecular complexity index is 865. The Balaban J connectivity index is 1.88. The fourth-order valence-corrected chi connectivity index (χ4v) is 3.98. The summed E-state index contributed by atoms with van der Waals surface area (Å²) in [4.78, 5) is 7.38. The third-order valence-corrected chi connectivity index (χ3v) is 5.50. The second kappa shape index (κ2) is 6.44. The van der Waals surface area contributed by atoms with Gasteiger partial charge in [-0.15, -0.1) is 11.8 Å². The molecule has 0 aliphatic carbocycles. The summed E-state index contributed by atoms with van der Waals surface area (Å²) in [5.41, 5.74) is 4.84. The predicted octanol–water partition coefficient (Wildman–Crippen LogP) is 5.17. The van der Waals surface area contributed by atoms with Gasteiger partial charge in [-0.25, -0.2) is 0 Å². The first-order valence-corrected chi connectivity index (χ1v) is 9.61. The number of rotatable bonds is 4. The number of benzene rings is 2.